The average Bonchev–Trinajstić information content (AvgIpc) is 3.39. The number of rotatable bonds is 18. The lowest BCUT2D eigenvalue weighted by Gasteiger charge is -2.16. The predicted molar refractivity (Wildman–Crippen MR) is 301 cm³/mol. The molecule has 0 radical (unpaired) electrons. The molecule has 0 saturated heterocycles. The van der Waals surface area contributed by atoms with Crippen LogP contribution in [-0.2, 0) is 25.4 Å². The zero-order valence-electron chi connectivity index (χ0n) is 41.4. The number of nitrogens with zero attached hydrogens (tertiary/aromatic N) is 2. The van der Waals surface area contributed by atoms with E-state index in [0.29, 0.717) is 38.9 Å². The molecule has 7 aromatic rings. The summed E-state index contributed by atoms with van der Waals surface area (Å²) in [5, 5.41) is 19.1. The van der Waals surface area contributed by atoms with E-state index >= 15 is 0 Å². The molecule has 7 aromatic carbocycles. The number of ketones is 2. The minimum absolute atomic E-state index is 0.0322. The fourth-order valence-corrected chi connectivity index (χ4v) is 7.74. The Labute approximate surface area is 473 Å². The standard InChI is InChI=1S/C55H40Cl5F3N8O8/c1-27-5-19-47(78-36-13-9-34(56)10-14-36)45(21-27)66-51(74)31-6-17-38(58)43(23-31)68-70-49(29(3)72)53(76)64-41-26-40(60)42(22-28(41)2)65-54(77)50(30(4)73)71-69-44-24-32(7-18-39(44)59)52(75)67-46-25-33(55(61,62)63)8-20-48(46)79-37-15-11-35(57)12-16-37/h5-26,68-69H,1-4H3,(H,64,76)(H,65,77)(H,66,74)(H,67,75)/b70-49-,71-50-. The molecular formula is C55H40Cl5F3N8O8. The van der Waals surface area contributed by atoms with Crippen LogP contribution in [0.25, 0.3) is 0 Å². The van der Waals surface area contributed by atoms with Gasteiger partial charge in [0.05, 0.1) is 49.1 Å². The summed E-state index contributed by atoms with van der Waals surface area (Å²) in [6.45, 7) is 5.52. The summed E-state index contributed by atoms with van der Waals surface area (Å²) in [7, 11) is 0. The molecule has 0 saturated carbocycles. The van der Waals surface area contributed by atoms with Gasteiger partial charge in [-0.05, 0) is 152 Å². The van der Waals surface area contributed by atoms with Crippen LogP contribution >= 0.6 is 58.0 Å². The van der Waals surface area contributed by atoms with Crippen molar-refractivity contribution < 1.29 is 51.4 Å². The van der Waals surface area contributed by atoms with Gasteiger partial charge in [-0.1, -0.05) is 64.1 Å². The van der Waals surface area contributed by atoms with Crippen LogP contribution in [0.1, 0.15) is 51.3 Å². The van der Waals surface area contributed by atoms with Gasteiger partial charge in [0.25, 0.3) is 23.6 Å². The zero-order valence-corrected chi connectivity index (χ0v) is 45.2. The first-order valence-electron chi connectivity index (χ1n) is 22.9. The molecule has 0 bridgehead atoms. The number of ether oxygens (including phenoxy) is 2. The number of benzene rings is 7. The van der Waals surface area contributed by atoms with Crippen molar-refractivity contribution in [2.24, 2.45) is 10.2 Å². The van der Waals surface area contributed by atoms with Crippen LogP contribution < -0.4 is 41.6 Å². The van der Waals surface area contributed by atoms with Gasteiger partial charge in [0.1, 0.15) is 11.5 Å². The number of Topliss-reactive ketones (excluding diaryl/α,β-unsaturated/α-hetero) is 2. The van der Waals surface area contributed by atoms with Crippen molar-refractivity contribution in [3.05, 3.63) is 186 Å². The summed E-state index contributed by atoms with van der Waals surface area (Å²) in [5.41, 5.74) is 3.93. The second kappa shape index (κ2) is 25.3. The lowest BCUT2D eigenvalue weighted by atomic mass is 10.1. The largest absolute Gasteiger partial charge is 0.455 e. The molecule has 0 aliphatic carbocycles. The van der Waals surface area contributed by atoms with E-state index in [9.17, 15) is 41.9 Å². The summed E-state index contributed by atoms with van der Waals surface area (Å²) in [5.74, 6) is -4.15. The summed E-state index contributed by atoms with van der Waals surface area (Å²) < 4.78 is 52.9. The molecule has 6 N–H and O–H groups in total. The van der Waals surface area contributed by atoms with Gasteiger partial charge in [0, 0.05) is 40.7 Å². The number of carbonyl (C=O) groups excluding carboxylic acids is 6. The van der Waals surface area contributed by atoms with E-state index in [1.807, 2.05) is 13.0 Å². The Bertz CT molecular complexity index is 3640. The van der Waals surface area contributed by atoms with Gasteiger partial charge in [-0.3, -0.25) is 39.6 Å². The third-order valence-corrected chi connectivity index (χ3v) is 12.4. The first-order valence-corrected chi connectivity index (χ1v) is 24.8. The van der Waals surface area contributed by atoms with E-state index in [2.05, 4.69) is 42.3 Å². The third-order valence-electron chi connectivity index (χ3n) is 11.0. The molecule has 0 fully saturated rings. The van der Waals surface area contributed by atoms with E-state index in [-0.39, 0.29) is 66.1 Å². The molecule has 0 aliphatic rings. The van der Waals surface area contributed by atoms with Gasteiger partial charge in [-0.2, -0.15) is 23.4 Å². The highest BCUT2D eigenvalue weighted by Gasteiger charge is 2.32. The molecule has 16 nitrogen and oxygen atoms in total. The predicted octanol–water partition coefficient (Wildman–Crippen LogP) is 14.7. The third kappa shape index (κ3) is 15.4. The van der Waals surface area contributed by atoms with Gasteiger partial charge >= 0.3 is 6.18 Å². The SMILES string of the molecule is CC(=O)/C(=N/Nc1cc(C(=O)Nc2cc(C)ccc2Oc2ccc(Cl)cc2)ccc1Cl)C(=O)Nc1cc(Cl)c(NC(=O)/C(=N\Nc2cc(C(=O)Nc3cc(C(F)(F)F)ccc3Oc3ccc(Cl)cc3)ccc2Cl)C(C)=O)cc1C. The lowest BCUT2D eigenvalue weighted by Crippen LogP contribution is -2.30. The number of hydrazone groups is 2. The van der Waals surface area contributed by atoms with E-state index < -0.39 is 58.4 Å². The highest BCUT2D eigenvalue weighted by Crippen LogP contribution is 2.38. The molecular weight excluding hydrogens is 1130 g/mol. The lowest BCUT2D eigenvalue weighted by molar-refractivity contribution is -0.137. The second-order valence-corrected chi connectivity index (χ2v) is 19.0. The Morgan fingerprint density at radius 3 is 1.35 bits per heavy atom. The van der Waals surface area contributed by atoms with E-state index in [1.54, 1.807) is 36.4 Å². The van der Waals surface area contributed by atoms with Gasteiger partial charge < -0.3 is 30.7 Å². The number of aryl methyl sites for hydroxylation is 2. The number of hydrogen-bond acceptors (Lipinski definition) is 12. The summed E-state index contributed by atoms with van der Waals surface area (Å²) in [4.78, 5) is 79.6. The molecule has 0 spiro atoms. The molecule has 0 aromatic heterocycles. The number of alkyl halides is 3. The van der Waals surface area contributed by atoms with Crippen LogP contribution in [0.3, 0.4) is 0 Å². The fraction of sp³-hybridized carbons (Fsp3) is 0.0909. The van der Waals surface area contributed by atoms with Gasteiger partial charge in [-0.15, -0.1) is 0 Å². The fourth-order valence-electron chi connectivity index (χ4n) is 6.96. The number of carbonyl (C=O) groups is 6. The first-order chi connectivity index (χ1) is 37.4. The number of amides is 4. The number of anilines is 6. The van der Waals surface area contributed by atoms with Crippen LogP contribution in [-0.4, -0.2) is 46.6 Å². The Morgan fingerprint density at radius 2 is 0.899 bits per heavy atom. The maximum Gasteiger partial charge on any atom is 0.416 e. The molecule has 7 rings (SSSR count). The van der Waals surface area contributed by atoms with Crippen LogP contribution in [0.4, 0.5) is 47.3 Å². The van der Waals surface area contributed by atoms with Crippen LogP contribution in [0.5, 0.6) is 23.0 Å². The Hall–Kier alpha value is -8.46. The summed E-state index contributed by atoms with van der Waals surface area (Å²) in [6.07, 6.45) is -4.76. The van der Waals surface area contributed by atoms with Crippen molar-refractivity contribution in [1.29, 1.82) is 0 Å². The van der Waals surface area contributed by atoms with Crippen molar-refractivity contribution in [3.8, 4) is 23.0 Å². The van der Waals surface area contributed by atoms with Crippen molar-refractivity contribution in [3.63, 3.8) is 0 Å². The monoisotopic (exact) mass is 1170 g/mol. The van der Waals surface area contributed by atoms with Crippen LogP contribution in [0.2, 0.25) is 25.1 Å². The normalized spacial score (nSPS) is 11.5. The molecule has 79 heavy (non-hydrogen) atoms. The van der Waals surface area contributed by atoms with E-state index in [4.69, 9.17) is 67.5 Å². The van der Waals surface area contributed by atoms with Gasteiger partial charge in [-0.25, -0.2) is 0 Å². The minimum atomic E-state index is -4.76. The maximum absolute atomic E-state index is 13.7. The highest BCUT2D eigenvalue weighted by molar-refractivity contribution is 6.68. The number of hydrogen-bond donors (Lipinski definition) is 6. The molecule has 24 heteroatoms. The smallest absolute Gasteiger partial charge is 0.416 e. The molecule has 0 unspecified atom stereocenters. The Kier molecular flexibility index (Phi) is 18.7. The highest BCUT2D eigenvalue weighted by atomic mass is 35.5. The van der Waals surface area contributed by atoms with Crippen LogP contribution in [0.15, 0.2) is 144 Å². The molecule has 404 valence electrons. The summed E-state index contributed by atoms with van der Waals surface area (Å²) >= 11 is 31.3. The Balaban J connectivity index is 1.01. The zero-order chi connectivity index (χ0) is 57.3. The number of nitrogens with one attached hydrogen (secondary N) is 6. The van der Waals surface area contributed by atoms with Crippen molar-refractivity contribution in [2.45, 2.75) is 33.9 Å². The quantitative estimate of drug-likeness (QED) is 0.0271. The summed E-state index contributed by atoms with van der Waals surface area (Å²) in [6, 6.07) is 31.0. The minimum Gasteiger partial charge on any atom is -0.455 e. The van der Waals surface area contributed by atoms with Crippen LogP contribution in [0, 0.1) is 13.8 Å². The molecule has 0 heterocycles. The topological polar surface area (TPSA) is 218 Å². The molecule has 0 aliphatic heterocycles. The average molecular weight is 1180 g/mol. The van der Waals surface area contributed by atoms with Crippen molar-refractivity contribution >= 4 is 139 Å². The van der Waals surface area contributed by atoms with Gasteiger partial charge in [0.2, 0.25) is 0 Å². The molecule has 0 atom stereocenters. The van der Waals surface area contributed by atoms with E-state index in [1.165, 1.54) is 79.7 Å². The Morgan fingerprint density at radius 1 is 0.456 bits per heavy atom. The first kappa shape index (κ1) is 58.2. The van der Waals surface area contributed by atoms with Crippen molar-refractivity contribution in [1.82, 2.24) is 0 Å². The van der Waals surface area contributed by atoms with E-state index in [0.717, 1.165) is 31.5 Å². The molecule has 4 amide bonds. The maximum atomic E-state index is 13.7. The van der Waals surface area contributed by atoms with Gasteiger partial charge in [0.15, 0.2) is 34.5 Å². The number of halogens is 8. The van der Waals surface area contributed by atoms with Crippen molar-refractivity contribution in [2.75, 3.05) is 32.1 Å². The second-order valence-electron chi connectivity index (χ2n) is 16.9.